The van der Waals surface area contributed by atoms with Gasteiger partial charge in [-0.25, -0.2) is 0 Å². The van der Waals surface area contributed by atoms with Gasteiger partial charge in [0.1, 0.15) is 12.5 Å². The SMILES string of the molecule is CC(OCNC(C)(C)C)Oc1ccc(C(CC(C)(C)C)C(C)C)cc1. The van der Waals surface area contributed by atoms with Gasteiger partial charge in [-0.2, -0.15) is 0 Å². The zero-order valence-electron chi connectivity index (χ0n) is 17.8. The Morgan fingerprint density at radius 1 is 0.920 bits per heavy atom. The van der Waals surface area contributed by atoms with E-state index < -0.39 is 0 Å². The van der Waals surface area contributed by atoms with Crippen molar-refractivity contribution < 1.29 is 9.47 Å². The van der Waals surface area contributed by atoms with Gasteiger partial charge >= 0.3 is 0 Å². The smallest absolute Gasteiger partial charge is 0.198 e. The zero-order chi connectivity index (χ0) is 19.3. The molecule has 0 amide bonds. The van der Waals surface area contributed by atoms with E-state index in [-0.39, 0.29) is 11.8 Å². The van der Waals surface area contributed by atoms with E-state index in [2.05, 4.69) is 85.0 Å². The average molecular weight is 350 g/mol. The largest absolute Gasteiger partial charge is 0.465 e. The molecular formula is C22H39NO2. The minimum atomic E-state index is -0.281. The number of nitrogens with one attached hydrogen (secondary N) is 1. The monoisotopic (exact) mass is 349 g/mol. The van der Waals surface area contributed by atoms with E-state index in [0.29, 0.717) is 24.0 Å². The van der Waals surface area contributed by atoms with Gasteiger partial charge in [0.25, 0.3) is 0 Å². The summed E-state index contributed by atoms with van der Waals surface area (Å²) in [6.07, 6.45) is 0.902. The van der Waals surface area contributed by atoms with Gasteiger partial charge in [0.05, 0.1) is 0 Å². The van der Waals surface area contributed by atoms with E-state index in [9.17, 15) is 0 Å². The van der Waals surface area contributed by atoms with Crippen molar-refractivity contribution in [1.29, 1.82) is 0 Å². The van der Waals surface area contributed by atoms with Gasteiger partial charge in [-0.15, -0.1) is 0 Å². The lowest BCUT2D eigenvalue weighted by molar-refractivity contribution is -0.0780. The molecule has 0 heterocycles. The minimum absolute atomic E-state index is 0.0419. The lowest BCUT2D eigenvalue weighted by Gasteiger charge is -2.29. The highest BCUT2D eigenvalue weighted by Gasteiger charge is 2.23. The van der Waals surface area contributed by atoms with Crippen LogP contribution < -0.4 is 10.1 Å². The van der Waals surface area contributed by atoms with Gasteiger partial charge in [0.2, 0.25) is 0 Å². The second kappa shape index (κ2) is 9.05. The maximum atomic E-state index is 5.86. The Hall–Kier alpha value is -1.06. The third kappa shape index (κ3) is 9.27. The highest BCUT2D eigenvalue weighted by molar-refractivity contribution is 5.30. The molecule has 0 fully saturated rings. The summed E-state index contributed by atoms with van der Waals surface area (Å²) < 4.78 is 11.5. The van der Waals surface area contributed by atoms with Crippen LogP contribution in [0.25, 0.3) is 0 Å². The van der Waals surface area contributed by atoms with Gasteiger partial charge < -0.3 is 9.47 Å². The fraction of sp³-hybridized carbons (Fsp3) is 0.727. The predicted octanol–water partition coefficient (Wildman–Crippen LogP) is 5.95. The van der Waals surface area contributed by atoms with Crippen LogP contribution >= 0.6 is 0 Å². The zero-order valence-corrected chi connectivity index (χ0v) is 17.8. The summed E-state index contributed by atoms with van der Waals surface area (Å²) in [4.78, 5) is 0. The molecular weight excluding hydrogens is 310 g/mol. The molecule has 144 valence electrons. The quantitative estimate of drug-likeness (QED) is 0.588. The van der Waals surface area contributed by atoms with Gasteiger partial charge in [-0.1, -0.05) is 46.8 Å². The molecule has 0 saturated carbocycles. The van der Waals surface area contributed by atoms with E-state index in [1.54, 1.807) is 0 Å². The molecule has 0 aliphatic heterocycles. The summed E-state index contributed by atoms with van der Waals surface area (Å²) in [5.41, 5.74) is 1.76. The molecule has 0 bridgehead atoms. The third-order valence-electron chi connectivity index (χ3n) is 4.17. The first kappa shape index (κ1) is 22.0. The molecule has 1 rings (SSSR count). The Kier molecular flexibility index (Phi) is 7.95. The summed E-state index contributed by atoms with van der Waals surface area (Å²) in [7, 11) is 0. The molecule has 0 spiro atoms. The molecule has 3 nitrogen and oxygen atoms in total. The van der Waals surface area contributed by atoms with Gasteiger partial charge in [0.15, 0.2) is 6.29 Å². The Bertz CT molecular complexity index is 494. The van der Waals surface area contributed by atoms with E-state index in [0.717, 1.165) is 5.75 Å². The van der Waals surface area contributed by atoms with Gasteiger partial charge in [-0.05, 0) is 69.1 Å². The molecule has 2 atom stereocenters. The molecule has 0 aromatic heterocycles. The topological polar surface area (TPSA) is 30.5 Å². The molecule has 1 N–H and O–H groups in total. The summed E-state index contributed by atoms with van der Waals surface area (Å²) in [6, 6.07) is 8.52. The maximum absolute atomic E-state index is 5.86. The molecule has 25 heavy (non-hydrogen) atoms. The molecule has 0 saturated heterocycles. The van der Waals surface area contributed by atoms with Crippen LogP contribution in [0.1, 0.15) is 80.2 Å². The first-order valence-corrected chi connectivity index (χ1v) is 9.50. The van der Waals surface area contributed by atoms with Crippen molar-refractivity contribution in [3.63, 3.8) is 0 Å². The van der Waals surface area contributed by atoms with Crippen molar-refractivity contribution in [2.75, 3.05) is 6.73 Å². The van der Waals surface area contributed by atoms with Crippen molar-refractivity contribution in [2.24, 2.45) is 11.3 Å². The van der Waals surface area contributed by atoms with E-state index in [1.165, 1.54) is 12.0 Å². The molecule has 1 aromatic carbocycles. The second-order valence-corrected chi connectivity index (χ2v) is 9.61. The predicted molar refractivity (Wildman–Crippen MR) is 107 cm³/mol. The van der Waals surface area contributed by atoms with Crippen LogP contribution in [0.15, 0.2) is 24.3 Å². The molecule has 0 aliphatic carbocycles. The van der Waals surface area contributed by atoms with Gasteiger partial charge in [-0.3, -0.25) is 5.32 Å². The van der Waals surface area contributed by atoms with Crippen LogP contribution in [0, 0.1) is 11.3 Å². The fourth-order valence-electron chi connectivity index (χ4n) is 2.79. The van der Waals surface area contributed by atoms with Crippen LogP contribution in [0.4, 0.5) is 0 Å². The first-order valence-electron chi connectivity index (χ1n) is 9.50. The Morgan fingerprint density at radius 3 is 1.92 bits per heavy atom. The number of hydrogen-bond donors (Lipinski definition) is 1. The van der Waals surface area contributed by atoms with Crippen molar-refractivity contribution >= 4 is 0 Å². The minimum Gasteiger partial charge on any atom is -0.465 e. The number of ether oxygens (including phenoxy) is 2. The van der Waals surface area contributed by atoms with Crippen LogP contribution in [-0.2, 0) is 4.74 Å². The Labute approximate surface area is 155 Å². The Morgan fingerprint density at radius 2 is 1.48 bits per heavy atom. The van der Waals surface area contributed by atoms with Crippen molar-refractivity contribution in [1.82, 2.24) is 5.32 Å². The number of hydrogen-bond acceptors (Lipinski definition) is 3. The fourth-order valence-corrected chi connectivity index (χ4v) is 2.79. The summed E-state index contributed by atoms with van der Waals surface area (Å²) >= 11 is 0. The van der Waals surface area contributed by atoms with Crippen molar-refractivity contribution in [3.05, 3.63) is 29.8 Å². The maximum Gasteiger partial charge on any atom is 0.198 e. The summed E-state index contributed by atoms with van der Waals surface area (Å²) in [5.74, 6) is 2.04. The summed E-state index contributed by atoms with van der Waals surface area (Å²) in [5, 5.41) is 3.29. The lowest BCUT2D eigenvalue weighted by atomic mass is 9.76. The van der Waals surface area contributed by atoms with Crippen molar-refractivity contribution in [3.8, 4) is 5.75 Å². The summed E-state index contributed by atoms with van der Waals surface area (Å²) in [6.45, 7) is 20.3. The van der Waals surface area contributed by atoms with Crippen LogP contribution in [-0.4, -0.2) is 18.6 Å². The molecule has 3 heteroatoms. The normalized spacial score (nSPS) is 15.3. The van der Waals surface area contributed by atoms with Crippen molar-refractivity contribution in [2.45, 2.75) is 86.5 Å². The standard InChI is InChI=1S/C22H39NO2/c1-16(2)20(14-21(4,5)6)18-10-12-19(13-11-18)25-17(3)24-15-23-22(7,8)9/h10-13,16-17,20,23H,14-15H2,1-9H3. The first-order chi connectivity index (χ1) is 11.4. The molecule has 0 radical (unpaired) electrons. The van der Waals surface area contributed by atoms with E-state index in [1.807, 2.05) is 6.92 Å². The molecule has 1 aromatic rings. The molecule has 2 unspecified atom stereocenters. The molecule has 0 aliphatic rings. The Balaban J connectivity index is 2.62. The van der Waals surface area contributed by atoms with E-state index >= 15 is 0 Å². The number of benzene rings is 1. The van der Waals surface area contributed by atoms with Crippen LogP contribution in [0.2, 0.25) is 0 Å². The third-order valence-corrected chi connectivity index (χ3v) is 4.17. The second-order valence-electron chi connectivity index (χ2n) is 9.61. The average Bonchev–Trinajstić information content (AvgIpc) is 2.43. The van der Waals surface area contributed by atoms with Crippen LogP contribution in [0.5, 0.6) is 5.75 Å². The number of rotatable bonds is 8. The van der Waals surface area contributed by atoms with Gasteiger partial charge in [0, 0.05) is 5.54 Å². The van der Waals surface area contributed by atoms with E-state index in [4.69, 9.17) is 9.47 Å². The van der Waals surface area contributed by atoms with Crippen LogP contribution in [0.3, 0.4) is 0 Å². The highest BCUT2D eigenvalue weighted by atomic mass is 16.7. The highest BCUT2D eigenvalue weighted by Crippen LogP contribution is 2.36. The lowest BCUT2D eigenvalue weighted by Crippen LogP contribution is -2.39.